The zero-order chi connectivity index (χ0) is 8.85. The molecular weight excluding hydrogens is 140 g/mol. The fourth-order valence-electron chi connectivity index (χ4n) is 0.751. The van der Waals surface area contributed by atoms with Crippen LogP contribution in [-0.4, -0.2) is 19.0 Å². The summed E-state index contributed by atoms with van der Waals surface area (Å²) in [4.78, 5) is 0. The zero-order valence-electron chi connectivity index (χ0n) is 8.26. The molecule has 68 valence electrons. The van der Waals surface area contributed by atoms with Crippen LogP contribution in [0.1, 0.15) is 34.6 Å². The van der Waals surface area contributed by atoms with Crippen molar-refractivity contribution in [3.05, 3.63) is 0 Å². The van der Waals surface area contributed by atoms with Crippen LogP contribution in [0.5, 0.6) is 0 Å². The summed E-state index contributed by atoms with van der Waals surface area (Å²) >= 11 is 0. The molecular formula is C9H20O2. The third-order valence-corrected chi connectivity index (χ3v) is 1.13. The van der Waals surface area contributed by atoms with Crippen molar-refractivity contribution in [2.45, 2.75) is 47.0 Å². The molecule has 2 heteroatoms. The monoisotopic (exact) mass is 160 g/mol. The highest BCUT2D eigenvalue weighted by Gasteiger charge is 2.04. The van der Waals surface area contributed by atoms with E-state index in [1.807, 2.05) is 20.8 Å². The van der Waals surface area contributed by atoms with E-state index in [9.17, 15) is 0 Å². The molecule has 0 rings (SSSR count). The molecule has 0 aromatic carbocycles. The maximum Gasteiger partial charge on any atom is 0.155 e. The summed E-state index contributed by atoms with van der Waals surface area (Å²) in [5.41, 5.74) is 0. The Hall–Kier alpha value is -0.0800. The summed E-state index contributed by atoms with van der Waals surface area (Å²) in [6, 6.07) is 0. The topological polar surface area (TPSA) is 18.5 Å². The molecule has 0 heterocycles. The minimum atomic E-state index is -0.0719. The number of hydrogen-bond acceptors (Lipinski definition) is 2. The van der Waals surface area contributed by atoms with E-state index in [0.29, 0.717) is 5.92 Å². The average Bonchev–Trinajstić information content (AvgIpc) is 1.82. The number of rotatable bonds is 5. The smallest absolute Gasteiger partial charge is 0.155 e. The SMILES string of the molecule is CC(C)COC(C)OC(C)C. The largest absolute Gasteiger partial charge is 0.353 e. The van der Waals surface area contributed by atoms with Crippen LogP contribution in [-0.2, 0) is 9.47 Å². The second-order valence-corrected chi connectivity index (χ2v) is 3.48. The van der Waals surface area contributed by atoms with Gasteiger partial charge in [-0.25, -0.2) is 0 Å². The van der Waals surface area contributed by atoms with Gasteiger partial charge in [0.1, 0.15) is 0 Å². The molecule has 0 aliphatic carbocycles. The van der Waals surface area contributed by atoms with Crippen molar-refractivity contribution in [1.82, 2.24) is 0 Å². The molecule has 0 bridgehead atoms. The lowest BCUT2D eigenvalue weighted by molar-refractivity contribution is -0.156. The predicted octanol–water partition coefficient (Wildman–Crippen LogP) is 2.43. The summed E-state index contributed by atoms with van der Waals surface area (Å²) < 4.78 is 10.8. The van der Waals surface area contributed by atoms with Crippen LogP contribution in [0.2, 0.25) is 0 Å². The molecule has 0 amide bonds. The highest BCUT2D eigenvalue weighted by atomic mass is 16.7. The Morgan fingerprint density at radius 3 is 1.91 bits per heavy atom. The summed E-state index contributed by atoms with van der Waals surface area (Å²) in [6.45, 7) is 11.0. The van der Waals surface area contributed by atoms with Crippen LogP contribution in [0.15, 0.2) is 0 Å². The summed E-state index contributed by atoms with van der Waals surface area (Å²) in [5, 5.41) is 0. The molecule has 0 fully saturated rings. The van der Waals surface area contributed by atoms with Gasteiger partial charge in [-0.2, -0.15) is 0 Å². The van der Waals surface area contributed by atoms with Crippen LogP contribution < -0.4 is 0 Å². The molecule has 0 aromatic rings. The van der Waals surface area contributed by atoms with E-state index in [4.69, 9.17) is 9.47 Å². The average molecular weight is 160 g/mol. The van der Waals surface area contributed by atoms with Gasteiger partial charge in [-0.05, 0) is 26.7 Å². The minimum Gasteiger partial charge on any atom is -0.353 e. The highest BCUT2D eigenvalue weighted by molar-refractivity contribution is 4.42. The molecule has 1 atom stereocenters. The molecule has 0 aliphatic heterocycles. The van der Waals surface area contributed by atoms with Gasteiger partial charge in [-0.15, -0.1) is 0 Å². The molecule has 1 unspecified atom stereocenters. The van der Waals surface area contributed by atoms with Crippen molar-refractivity contribution in [2.75, 3.05) is 6.61 Å². The Balaban J connectivity index is 3.29. The normalized spacial score (nSPS) is 14.5. The lowest BCUT2D eigenvalue weighted by atomic mass is 10.2. The second kappa shape index (κ2) is 5.56. The van der Waals surface area contributed by atoms with Crippen LogP contribution in [0.3, 0.4) is 0 Å². The van der Waals surface area contributed by atoms with Crippen molar-refractivity contribution >= 4 is 0 Å². The van der Waals surface area contributed by atoms with Gasteiger partial charge < -0.3 is 9.47 Å². The first-order valence-corrected chi connectivity index (χ1v) is 4.29. The van der Waals surface area contributed by atoms with Crippen molar-refractivity contribution in [2.24, 2.45) is 5.92 Å². The molecule has 0 spiro atoms. The van der Waals surface area contributed by atoms with E-state index in [2.05, 4.69) is 13.8 Å². The minimum absolute atomic E-state index is 0.0719. The van der Waals surface area contributed by atoms with E-state index >= 15 is 0 Å². The third-order valence-electron chi connectivity index (χ3n) is 1.13. The number of hydrogen-bond donors (Lipinski definition) is 0. The fourth-order valence-corrected chi connectivity index (χ4v) is 0.751. The quantitative estimate of drug-likeness (QED) is 0.575. The Bertz CT molecular complexity index is 89.6. The van der Waals surface area contributed by atoms with Gasteiger partial charge in [-0.1, -0.05) is 13.8 Å². The summed E-state index contributed by atoms with van der Waals surface area (Å²) in [6.07, 6.45) is 0.176. The molecule has 0 N–H and O–H groups in total. The molecule has 0 aromatic heterocycles. The van der Waals surface area contributed by atoms with E-state index in [-0.39, 0.29) is 12.4 Å². The van der Waals surface area contributed by atoms with E-state index in [1.54, 1.807) is 0 Å². The molecule has 0 aliphatic rings. The Labute approximate surface area is 69.9 Å². The Morgan fingerprint density at radius 1 is 1.00 bits per heavy atom. The first-order valence-electron chi connectivity index (χ1n) is 4.29. The van der Waals surface area contributed by atoms with Gasteiger partial charge in [-0.3, -0.25) is 0 Å². The summed E-state index contributed by atoms with van der Waals surface area (Å²) in [7, 11) is 0. The Kier molecular flexibility index (Phi) is 5.51. The van der Waals surface area contributed by atoms with Gasteiger partial charge >= 0.3 is 0 Å². The highest BCUT2D eigenvalue weighted by Crippen LogP contribution is 2.01. The Morgan fingerprint density at radius 2 is 1.55 bits per heavy atom. The first-order chi connectivity index (χ1) is 5.02. The van der Waals surface area contributed by atoms with Crippen molar-refractivity contribution in [1.29, 1.82) is 0 Å². The lowest BCUT2D eigenvalue weighted by Gasteiger charge is -2.17. The van der Waals surface area contributed by atoms with Crippen LogP contribution in [0.4, 0.5) is 0 Å². The van der Waals surface area contributed by atoms with Gasteiger partial charge in [0.15, 0.2) is 6.29 Å². The maximum absolute atomic E-state index is 5.39. The van der Waals surface area contributed by atoms with Crippen molar-refractivity contribution in [3.8, 4) is 0 Å². The third kappa shape index (κ3) is 7.82. The fraction of sp³-hybridized carbons (Fsp3) is 1.00. The predicted molar refractivity (Wildman–Crippen MR) is 46.5 cm³/mol. The van der Waals surface area contributed by atoms with Gasteiger partial charge in [0.05, 0.1) is 12.7 Å². The molecule has 0 saturated heterocycles. The van der Waals surface area contributed by atoms with Gasteiger partial charge in [0.25, 0.3) is 0 Å². The van der Waals surface area contributed by atoms with E-state index < -0.39 is 0 Å². The maximum atomic E-state index is 5.39. The van der Waals surface area contributed by atoms with Gasteiger partial charge in [0, 0.05) is 0 Å². The van der Waals surface area contributed by atoms with Crippen LogP contribution >= 0.6 is 0 Å². The van der Waals surface area contributed by atoms with Crippen molar-refractivity contribution < 1.29 is 9.47 Å². The van der Waals surface area contributed by atoms with Crippen LogP contribution in [0, 0.1) is 5.92 Å². The molecule has 11 heavy (non-hydrogen) atoms. The zero-order valence-corrected chi connectivity index (χ0v) is 8.26. The molecule has 2 nitrogen and oxygen atoms in total. The number of ether oxygens (including phenoxy) is 2. The van der Waals surface area contributed by atoms with Crippen LogP contribution in [0.25, 0.3) is 0 Å². The second-order valence-electron chi connectivity index (χ2n) is 3.48. The van der Waals surface area contributed by atoms with E-state index in [1.165, 1.54) is 0 Å². The van der Waals surface area contributed by atoms with Gasteiger partial charge in [0.2, 0.25) is 0 Å². The molecule has 0 saturated carbocycles. The lowest BCUT2D eigenvalue weighted by Crippen LogP contribution is -2.19. The standard InChI is InChI=1S/C9H20O2/c1-7(2)6-10-9(5)11-8(3)4/h7-9H,6H2,1-5H3. The summed E-state index contributed by atoms with van der Waals surface area (Å²) in [5.74, 6) is 0.577. The van der Waals surface area contributed by atoms with Crippen molar-refractivity contribution in [3.63, 3.8) is 0 Å². The van der Waals surface area contributed by atoms with E-state index in [0.717, 1.165) is 6.61 Å². The molecule has 0 radical (unpaired) electrons. The first kappa shape index (κ1) is 10.9.